The van der Waals surface area contributed by atoms with Crippen LogP contribution in [-0.2, 0) is 11.3 Å². The molecule has 1 aromatic carbocycles. The van der Waals surface area contributed by atoms with Gasteiger partial charge in [0.05, 0.1) is 24.9 Å². The van der Waals surface area contributed by atoms with Crippen molar-refractivity contribution in [3.63, 3.8) is 0 Å². The lowest BCUT2D eigenvalue weighted by atomic mass is 10.2. The Morgan fingerprint density at radius 2 is 2.07 bits per heavy atom. The normalized spacial score (nSPS) is 12.1. The Kier molecular flexibility index (Phi) is 5.88. The van der Waals surface area contributed by atoms with E-state index in [0.717, 1.165) is 11.3 Å². The van der Waals surface area contributed by atoms with Crippen molar-refractivity contribution in [3.8, 4) is 5.75 Å². The van der Waals surface area contributed by atoms with Crippen molar-refractivity contribution in [1.82, 2.24) is 9.55 Å². The summed E-state index contributed by atoms with van der Waals surface area (Å²) in [5.74, 6) is 0.186. The molecule has 0 fully saturated rings. The lowest BCUT2D eigenvalue weighted by Crippen LogP contribution is -2.30. The first kappa shape index (κ1) is 19.1. The van der Waals surface area contributed by atoms with E-state index >= 15 is 0 Å². The van der Waals surface area contributed by atoms with Gasteiger partial charge >= 0.3 is 5.97 Å². The first-order valence-corrected chi connectivity index (χ1v) is 9.34. The molecule has 0 saturated carbocycles. The van der Waals surface area contributed by atoms with Gasteiger partial charge in [-0.3, -0.25) is 9.36 Å². The summed E-state index contributed by atoms with van der Waals surface area (Å²) in [6.45, 7) is 3.78. The summed E-state index contributed by atoms with van der Waals surface area (Å²) >= 11 is 1.14. The number of ether oxygens (including phenoxy) is 2. The largest absolute Gasteiger partial charge is 0.491 e. The van der Waals surface area contributed by atoms with Gasteiger partial charge in [-0.05, 0) is 31.5 Å². The molecule has 0 aliphatic heterocycles. The number of hydrogen-bond acceptors (Lipinski definition) is 7. The van der Waals surface area contributed by atoms with Gasteiger partial charge in [-0.15, -0.1) is 11.3 Å². The number of aromatic nitrogens is 2. The highest BCUT2D eigenvalue weighted by Gasteiger charge is 2.20. The molecule has 2 aromatic heterocycles. The standard InChI is InChI=1S/C19H20N2O5S/c1-3-25-19(24)16-12(2)15-17(27-16)20-11-21(18(15)23)9-13(22)10-26-14-7-5-4-6-8-14/h4-8,11,13,22H,3,9-10H2,1-2H3. The zero-order valence-electron chi connectivity index (χ0n) is 15.0. The minimum absolute atomic E-state index is 0.0403. The van der Waals surface area contributed by atoms with Crippen LogP contribution >= 0.6 is 11.3 Å². The molecule has 1 atom stereocenters. The van der Waals surface area contributed by atoms with Crippen LogP contribution in [0.3, 0.4) is 0 Å². The Morgan fingerprint density at radius 1 is 1.33 bits per heavy atom. The Morgan fingerprint density at radius 3 is 2.78 bits per heavy atom. The molecule has 27 heavy (non-hydrogen) atoms. The lowest BCUT2D eigenvalue weighted by Gasteiger charge is -2.13. The van der Waals surface area contributed by atoms with Gasteiger partial charge in [0, 0.05) is 0 Å². The minimum atomic E-state index is -0.884. The number of para-hydroxylation sites is 1. The molecule has 0 spiro atoms. The quantitative estimate of drug-likeness (QED) is 0.625. The van der Waals surface area contributed by atoms with Crippen molar-refractivity contribution >= 4 is 27.5 Å². The van der Waals surface area contributed by atoms with Gasteiger partial charge in [-0.2, -0.15) is 0 Å². The summed E-state index contributed by atoms with van der Waals surface area (Å²) in [4.78, 5) is 29.9. The number of hydrogen-bond donors (Lipinski definition) is 1. The molecule has 2 heterocycles. The maximum atomic E-state index is 12.8. The first-order valence-electron chi connectivity index (χ1n) is 8.52. The molecular weight excluding hydrogens is 368 g/mol. The average molecular weight is 388 g/mol. The number of rotatable bonds is 7. The third kappa shape index (κ3) is 4.17. The number of benzene rings is 1. The molecule has 142 valence electrons. The minimum Gasteiger partial charge on any atom is -0.491 e. The van der Waals surface area contributed by atoms with Gasteiger partial charge in [-0.25, -0.2) is 9.78 Å². The van der Waals surface area contributed by atoms with Gasteiger partial charge < -0.3 is 14.6 Å². The van der Waals surface area contributed by atoms with E-state index in [0.29, 0.717) is 26.4 Å². The van der Waals surface area contributed by atoms with Gasteiger partial charge in [0.1, 0.15) is 28.2 Å². The average Bonchev–Trinajstić information content (AvgIpc) is 3.01. The number of carbonyl (C=O) groups excluding carboxylic acids is 1. The molecule has 3 aromatic rings. The first-order chi connectivity index (χ1) is 13.0. The van der Waals surface area contributed by atoms with E-state index in [-0.39, 0.29) is 25.3 Å². The van der Waals surface area contributed by atoms with Crippen molar-refractivity contribution in [1.29, 1.82) is 0 Å². The van der Waals surface area contributed by atoms with Crippen LogP contribution in [0.4, 0.5) is 0 Å². The molecule has 0 aliphatic carbocycles. The van der Waals surface area contributed by atoms with Crippen LogP contribution in [0.1, 0.15) is 22.2 Å². The van der Waals surface area contributed by atoms with E-state index in [2.05, 4.69) is 4.98 Å². The van der Waals surface area contributed by atoms with Gasteiger partial charge in [0.15, 0.2) is 0 Å². The molecule has 0 aliphatic rings. The van der Waals surface area contributed by atoms with Gasteiger partial charge in [-0.1, -0.05) is 18.2 Å². The van der Waals surface area contributed by atoms with Crippen molar-refractivity contribution in [2.75, 3.05) is 13.2 Å². The van der Waals surface area contributed by atoms with E-state index < -0.39 is 12.1 Å². The highest BCUT2D eigenvalue weighted by Crippen LogP contribution is 2.27. The Bertz CT molecular complexity index is 996. The van der Waals surface area contributed by atoms with E-state index in [9.17, 15) is 14.7 Å². The van der Waals surface area contributed by atoms with Gasteiger partial charge in [0.25, 0.3) is 5.56 Å². The second kappa shape index (κ2) is 8.32. The molecule has 0 saturated heterocycles. The van der Waals surface area contributed by atoms with E-state index in [1.807, 2.05) is 18.2 Å². The second-order valence-corrected chi connectivity index (χ2v) is 6.94. The predicted octanol–water partition coefficient (Wildman–Crippen LogP) is 2.38. The second-order valence-electron chi connectivity index (χ2n) is 5.94. The van der Waals surface area contributed by atoms with Crippen LogP contribution in [0.25, 0.3) is 10.2 Å². The van der Waals surface area contributed by atoms with E-state index in [4.69, 9.17) is 9.47 Å². The topological polar surface area (TPSA) is 90.7 Å². The fourth-order valence-corrected chi connectivity index (χ4v) is 3.70. The molecule has 7 nitrogen and oxygen atoms in total. The zero-order valence-corrected chi connectivity index (χ0v) is 15.9. The third-order valence-corrected chi connectivity index (χ3v) is 5.15. The van der Waals surface area contributed by atoms with Crippen LogP contribution in [-0.4, -0.2) is 39.9 Å². The summed E-state index contributed by atoms with van der Waals surface area (Å²) in [5, 5.41) is 10.6. The van der Waals surface area contributed by atoms with E-state index in [1.165, 1.54) is 10.9 Å². The van der Waals surface area contributed by atoms with Crippen LogP contribution in [0.2, 0.25) is 0 Å². The molecule has 0 bridgehead atoms. The van der Waals surface area contributed by atoms with Crippen molar-refractivity contribution in [2.24, 2.45) is 0 Å². The molecule has 0 amide bonds. The van der Waals surface area contributed by atoms with Crippen LogP contribution in [0, 0.1) is 6.92 Å². The molecule has 0 radical (unpaired) electrons. The molecule has 8 heteroatoms. The highest BCUT2D eigenvalue weighted by atomic mass is 32.1. The summed E-state index contributed by atoms with van der Waals surface area (Å²) in [7, 11) is 0. The van der Waals surface area contributed by atoms with Crippen molar-refractivity contribution in [3.05, 3.63) is 57.5 Å². The Labute approximate surface area is 159 Å². The number of aryl methyl sites for hydroxylation is 1. The summed E-state index contributed by atoms with van der Waals surface area (Å²) in [5.41, 5.74) is 0.249. The number of nitrogens with zero attached hydrogens (tertiary/aromatic N) is 2. The fourth-order valence-electron chi connectivity index (χ4n) is 2.67. The van der Waals surface area contributed by atoms with Gasteiger partial charge in [0.2, 0.25) is 0 Å². The molecule has 3 rings (SSSR count). The monoisotopic (exact) mass is 388 g/mol. The number of thiophene rings is 1. The Hall–Kier alpha value is -2.71. The number of esters is 1. The summed E-state index contributed by atoms with van der Waals surface area (Å²) in [6.07, 6.45) is 0.493. The number of fused-ring (bicyclic) bond motifs is 1. The van der Waals surface area contributed by atoms with Crippen LogP contribution < -0.4 is 10.3 Å². The zero-order chi connectivity index (χ0) is 19.4. The molecule has 1 N–H and O–H groups in total. The maximum Gasteiger partial charge on any atom is 0.348 e. The third-order valence-electron chi connectivity index (χ3n) is 3.97. The maximum absolute atomic E-state index is 12.8. The molecule has 1 unspecified atom stereocenters. The SMILES string of the molecule is CCOC(=O)c1sc2ncn(CC(O)COc3ccccc3)c(=O)c2c1C. The smallest absolute Gasteiger partial charge is 0.348 e. The number of aliphatic hydroxyl groups is 1. The summed E-state index contributed by atoms with van der Waals surface area (Å²) < 4.78 is 11.9. The summed E-state index contributed by atoms with van der Waals surface area (Å²) in [6, 6.07) is 9.13. The van der Waals surface area contributed by atoms with Crippen LogP contribution in [0.15, 0.2) is 41.5 Å². The van der Waals surface area contributed by atoms with E-state index in [1.54, 1.807) is 26.0 Å². The molecular formula is C19H20N2O5S. The number of carbonyl (C=O) groups is 1. The van der Waals surface area contributed by atoms with Crippen molar-refractivity contribution < 1.29 is 19.4 Å². The fraction of sp³-hybridized carbons (Fsp3) is 0.316. The highest BCUT2D eigenvalue weighted by molar-refractivity contribution is 7.20. The van der Waals surface area contributed by atoms with Crippen LogP contribution in [0.5, 0.6) is 5.75 Å². The van der Waals surface area contributed by atoms with Crippen molar-refractivity contribution in [2.45, 2.75) is 26.5 Å². The Balaban J connectivity index is 1.79. The lowest BCUT2D eigenvalue weighted by molar-refractivity contribution is 0.0531. The predicted molar refractivity (Wildman–Crippen MR) is 103 cm³/mol. The number of aliphatic hydroxyl groups excluding tert-OH is 1.